The number of rotatable bonds is 2. The van der Waals surface area contributed by atoms with E-state index in [0.717, 1.165) is 29.1 Å². The predicted molar refractivity (Wildman–Crippen MR) is 69.9 cm³/mol. The van der Waals surface area contributed by atoms with Gasteiger partial charge in [-0.2, -0.15) is 0 Å². The molecule has 0 spiro atoms. The van der Waals surface area contributed by atoms with Crippen LogP contribution in [0.5, 0.6) is 0 Å². The van der Waals surface area contributed by atoms with Crippen LogP contribution in [0.3, 0.4) is 0 Å². The van der Waals surface area contributed by atoms with Crippen LogP contribution in [0.4, 0.5) is 0 Å². The summed E-state index contributed by atoms with van der Waals surface area (Å²) in [5.74, 6) is 2.10. The largest absolute Gasteiger partial charge is 0.337 e. The third-order valence-corrected chi connectivity index (χ3v) is 4.85. The van der Waals surface area contributed by atoms with Gasteiger partial charge in [-0.05, 0) is 31.0 Å². The van der Waals surface area contributed by atoms with Crippen molar-refractivity contribution in [2.45, 2.75) is 38.6 Å². The first-order valence-corrected chi connectivity index (χ1v) is 7.64. The molecule has 1 aliphatic heterocycles. The molecule has 1 fully saturated rings. The Balaban J connectivity index is 2.29. The first kappa shape index (κ1) is 12.0. The number of H-pyrrole nitrogens is 1. The highest BCUT2D eigenvalue weighted by molar-refractivity contribution is 7.85. The second-order valence-electron chi connectivity index (χ2n) is 4.62. The average Bonchev–Trinajstić information content (AvgIpc) is 2.62. The molecular formula is C11H18N2OS2. The number of hydrogen-bond donors (Lipinski definition) is 1. The van der Waals surface area contributed by atoms with E-state index in [1.165, 1.54) is 5.69 Å². The molecule has 3 nitrogen and oxygen atoms in total. The second kappa shape index (κ2) is 4.84. The van der Waals surface area contributed by atoms with Crippen molar-refractivity contribution in [3.8, 4) is 0 Å². The van der Waals surface area contributed by atoms with Gasteiger partial charge in [-0.3, -0.25) is 4.21 Å². The van der Waals surface area contributed by atoms with Gasteiger partial charge in [0.1, 0.15) is 0 Å². The van der Waals surface area contributed by atoms with E-state index in [2.05, 4.69) is 23.4 Å². The zero-order valence-corrected chi connectivity index (χ0v) is 11.4. The maximum atomic E-state index is 11.3. The number of aromatic nitrogens is 2. The van der Waals surface area contributed by atoms with Gasteiger partial charge in [0.05, 0.1) is 0 Å². The number of aromatic amines is 1. The summed E-state index contributed by atoms with van der Waals surface area (Å²) in [5, 5.41) is 0. The highest BCUT2D eigenvalue weighted by atomic mass is 32.2. The molecule has 0 radical (unpaired) electrons. The molecule has 0 aromatic carbocycles. The normalized spacial score (nSPS) is 26.2. The SMILES string of the molecule is CC(C)c1c[nH]c(=S)n1C1CCS(=O)CC1. The van der Waals surface area contributed by atoms with Crippen molar-refractivity contribution in [2.75, 3.05) is 11.5 Å². The van der Waals surface area contributed by atoms with Gasteiger partial charge >= 0.3 is 0 Å². The highest BCUT2D eigenvalue weighted by Gasteiger charge is 2.22. The van der Waals surface area contributed by atoms with E-state index in [0.29, 0.717) is 12.0 Å². The Labute approximate surface area is 104 Å². The number of imidazole rings is 1. The topological polar surface area (TPSA) is 37.8 Å². The Kier molecular flexibility index (Phi) is 3.64. The molecule has 16 heavy (non-hydrogen) atoms. The monoisotopic (exact) mass is 258 g/mol. The standard InChI is InChI=1S/C11H18N2OS2/c1-8(2)10-7-12-11(15)13(10)9-3-5-16(14)6-4-9/h7-9H,3-6H2,1-2H3,(H,12,15). The van der Waals surface area contributed by atoms with E-state index in [9.17, 15) is 4.21 Å². The van der Waals surface area contributed by atoms with Gasteiger partial charge in [-0.25, -0.2) is 0 Å². The van der Waals surface area contributed by atoms with E-state index >= 15 is 0 Å². The van der Waals surface area contributed by atoms with Gasteiger partial charge in [0.25, 0.3) is 0 Å². The Bertz CT molecular complexity index is 437. The van der Waals surface area contributed by atoms with E-state index in [1.54, 1.807) is 0 Å². The maximum absolute atomic E-state index is 11.3. The van der Waals surface area contributed by atoms with Crippen LogP contribution in [0.1, 0.15) is 44.3 Å². The van der Waals surface area contributed by atoms with Gasteiger partial charge < -0.3 is 9.55 Å². The third-order valence-electron chi connectivity index (χ3n) is 3.15. The molecule has 90 valence electrons. The van der Waals surface area contributed by atoms with Crippen molar-refractivity contribution in [1.29, 1.82) is 0 Å². The van der Waals surface area contributed by atoms with Crippen LogP contribution >= 0.6 is 12.2 Å². The number of nitrogens with zero attached hydrogens (tertiary/aromatic N) is 1. The van der Waals surface area contributed by atoms with Crippen molar-refractivity contribution in [2.24, 2.45) is 0 Å². The summed E-state index contributed by atoms with van der Waals surface area (Å²) in [6.45, 7) is 4.35. The first-order valence-electron chi connectivity index (χ1n) is 5.74. The van der Waals surface area contributed by atoms with Crippen LogP contribution in [0.2, 0.25) is 0 Å². The van der Waals surface area contributed by atoms with Crippen molar-refractivity contribution >= 4 is 23.0 Å². The van der Waals surface area contributed by atoms with E-state index in [1.807, 2.05) is 6.20 Å². The van der Waals surface area contributed by atoms with E-state index in [4.69, 9.17) is 12.2 Å². The molecule has 1 aliphatic rings. The van der Waals surface area contributed by atoms with Crippen molar-refractivity contribution in [1.82, 2.24) is 9.55 Å². The average molecular weight is 258 g/mol. The quantitative estimate of drug-likeness (QED) is 0.828. The molecule has 1 N–H and O–H groups in total. The van der Waals surface area contributed by atoms with Gasteiger partial charge in [0.2, 0.25) is 0 Å². The molecule has 2 heterocycles. The van der Waals surface area contributed by atoms with Crippen molar-refractivity contribution in [3.05, 3.63) is 16.7 Å². The lowest BCUT2D eigenvalue weighted by atomic mass is 10.1. The lowest BCUT2D eigenvalue weighted by Gasteiger charge is -2.25. The van der Waals surface area contributed by atoms with Gasteiger partial charge in [-0.1, -0.05) is 13.8 Å². The third kappa shape index (κ3) is 2.30. The number of hydrogen-bond acceptors (Lipinski definition) is 2. The fourth-order valence-corrected chi connectivity index (χ4v) is 3.84. The molecule has 5 heteroatoms. The van der Waals surface area contributed by atoms with Gasteiger partial charge in [-0.15, -0.1) is 0 Å². The molecule has 1 aromatic heterocycles. The fourth-order valence-electron chi connectivity index (χ4n) is 2.25. The lowest BCUT2D eigenvalue weighted by Crippen LogP contribution is -2.23. The summed E-state index contributed by atoms with van der Waals surface area (Å²) < 4.78 is 14.4. The van der Waals surface area contributed by atoms with Crippen LogP contribution in [0, 0.1) is 4.77 Å². The van der Waals surface area contributed by atoms with Gasteiger partial charge in [0.15, 0.2) is 4.77 Å². The summed E-state index contributed by atoms with van der Waals surface area (Å²) in [6.07, 6.45) is 3.98. The second-order valence-corrected chi connectivity index (χ2v) is 6.71. The molecular weight excluding hydrogens is 240 g/mol. The molecule has 1 saturated heterocycles. The number of nitrogens with one attached hydrogen (secondary N) is 1. The lowest BCUT2D eigenvalue weighted by molar-refractivity contribution is 0.439. The summed E-state index contributed by atoms with van der Waals surface area (Å²) >= 11 is 5.33. The summed E-state index contributed by atoms with van der Waals surface area (Å²) in [6, 6.07) is 0.439. The minimum atomic E-state index is -0.604. The Morgan fingerprint density at radius 1 is 1.50 bits per heavy atom. The fraction of sp³-hybridized carbons (Fsp3) is 0.727. The minimum absolute atomic E-state index is 0.439. The van der Waals surface area contributed by atoms with Gasteiger partial charge in [0, 0.05) is 40.2 Å². The molecule has 0 atom stereocenters. The van der Waals surface area contributed by atoms with Crippen molar-refractivity contribution in [3.63, 3.8) is 0 Å². The molecule has 0 amide bonds. The molecule has 0 aliphatic carbocycles. The Morgan fingerprint density at radius 3 is 2.69 bits per heavy atom. The smallest absolute Gasteiger partial charge is 0.177 e. The van der Waals surface area contributed by atoms with E-state index < -0.39 is 10.8 Å². The van der Waals surface area contributed by atoms with Crippen LogP contribution in [0.15, 0.2) is 6.20 Å². The molecule has 2 rings (SSSR count). The zero-order chi connectivity index (χ0) is 11.7. The summed E-state index contributed by atoms with van der Waals surface area (Å²) in [4.78, 5) is 3.13. The predicted octanol–water partition coefficient (Wildman–Crippen LogP) is 2.75. The van der Waals surface area contributed by atoms with E-state index in [-0.39, 0.29) is 0 Å². The first-order chi connectivity index (χ1) is 7.59. The maximum Gasteiger partial charge on any atom is 0.177 e. The summed E-state index contributed by atoms with van der Waals surface area (Å²) in [5.41, 5.74) is 1.27. The molecule has 0 unspecified atom stereocenters. The van der Waals surface area contributed by atoms with Crippen LogP contribution in [0.25, 0.3) is 0 Å². The van der Waals surface area contributed by atoms with Crippen LogP contribution in [-0.2, 0) is 10.8 Å². The minimum Gasteiger partial charge on any atom is -0.337 e. The van der Waals surface area contributed by atoms with Crippen molar-refractivity contribution < 1.29 is 4.21 Å². The Hall–Kier alpha value is -0.420. The van der Waals surface area contributed by atoms with Crippen LogP contribution in [-0.4, -0.2) is 25.3 Å². The zero-order valence-electron chi connectivity index (χ0n) is 9.73. The van der Waals surface area contributed by atoms with Crippen LogP contribution < -0.4 is 0 Å². The highest BCUT2D eigenvalue weighted by Crippen LogP contribution is 2.27. The summed E-state index contributed by atoms with van der Waals surface area (Å²) in [7, 11) is -0.604. The molecule has 0 saturated carbocycles. The Morgan fingerprint density at radius 2 is 2.12 bits per heavy atom. The molecule has 0 bridgehead atoms. The molecule has 1 aromatic rings.